The van der Waals surface area contributed by atoms with Gasteiger partial charge in [0, 0.05) is 19.0 Å². The van der Waals surface area contributed by atoms with Crippen molar-refractivity contribution in [1.82, 2.24) is 9.88 Å². The summed E-state index contributed by atoms with van der Waals surface area (Å²) in [7, 11) is 0. The van der Waals surface area contributed by atoms with Crippen molar-refractivity contribution in [3.05, 3.63) is 29.8 Å². The summed E-state index contributed by atoms with van der Waals surface area (Å²) in [6, 6.07) is 3.47. The van der Waals surface area contributed by atoms with Crippen LogP contribution in [0.4, 0.5) is 4.39 Å². The minimum absolute atomic E-state index is 0.0204. The molecule has 3 nitrogen and oxygen atoms in total. The summed E-state index contributed by atoms with van der Waals surface area (Å²) < 4.78 is 12.8. The van der Waals surface area contributed by atoms with Gasteiger partial charge in [0.15, 0.2) is 5.78 Å². The van der Waals surface area contributed by atoms with E-state index in [9.17, 15) is 9.18 Å². The van der Waals surface area contributed by atoms with E-state index in [-0.39, 0.29) is 5.78 Å². The molecule has 2 heterocycles. The number of carbonyl (C=O) groups excluding carboxylic acids is 1. The maximum atomic E-state index is 12.8. The quantitative estimate of drug-likeness (QED) is 0.779. The number of pyridine rings is 1. The lowest BCUT2D eigenvalue weighted by Crippen LogP contribution is -2.36. The van der Waals surface area contributed by atoms with E-state index in [1.54, 1.807) is 0 Å². The number of halogens is 1. The maximum absolute atomic E-state index is 12.8. The standard InChI is InChI=1S/C17H23FN2O/c18-14-7-8-15(19-12-14)17(21)9-11-20-10-3-6-16(20)13-4-1-2-5-13/h7-8,12-13,16H,1-6,9-11H2. The van der Waals surface area contributed by atoms with Crippen molar-refractivity contribution >= 4 is 5.78 Å². The molecule has 4 heteroatoms. The van der Waals surface area contributed by atoms with E-state index in [0.29, 0.717) is 18.2 Å². The Labute approximate surface area is 125 Å². The molecule has 1 saturated carbocycles. The Morgan fingerprint density at radius 3 is 2.76 bits per heavy atom. The van der Waals surface area contributed by atoms with Crippen LogP contribution in [-0.2, 0) is 0 Å². The molecule has 1 unspecified atom stereocenters. The molecule has 0 amide bonds. The third-order valence-corrected chi connectivity index (χ3v) is 5.00. The lowest BCUT2D eigenvalue weighted by molar-refractivity contribution is 0.0946. The Kier molecular flexibility index (Phi) is 4.63. The van der Waals surface area contributed by atoms with Crippen LogP contribution in [0.1, 0.15) is 55.4 Å². The van der Waals surface area contributed by atoms with E-state index < -0.39 is 5.82 Å². The molecule has 0 N–H and O–H groups in total. The van der Waals surface area contributed by atoms with Crippen LogP contribution >= 0.6 is 0 Å². The molecule has 2 fully saturated rings. The molecular formula is C17H23FN2O. The third-order valence-electron chi connectivity index (χ3n) is 5.00. The average molecular weight is 290 g/mol. The molecule has 1 aromatic heterocycles. The first-order valence-electron chi connectivity index (χ1n) is 8.13. The molecule has 1 aromatic rings. The lowest BCUT2D eigenvalue weighted by atomic mass is 9.96. The molecule has 1 aliphatic carbocycles. The van der Waals surface area contributed by atoms with Crippen molar-refractivity contribution in [2.45, 2.75) is 51.0 Å². The van der Waals surface area contributed by atoms with Gasteiger partial charge in [0.05, 0.1) is 6.20 Å². The SMILES string of the molecule is O=C(CCN1CCCC1C1CCCC1)c1ccc(F)cn1. The van der Waals surface area contributed by atoms with Gasteiger partial charge in [-0.3, -0.25) is 14.7 Å². The van der Waals surface area contributed by atoms with E-state index in [2.05, 4.69) is 9.88 Å². The van der Waals surface area contributed by atoms with Crippen LogP contribution in [0.5, 0.6) is 0 Å². The molecule has 0 spiro atoms. The van der Waals surface area contributed by atoms with Crippen molar-refractivity contribution in [3.63, 3.8) is 0 Å². The fourth-order valence-electron chi connectivity index (χ4n) is 3.92. The first kappa shape index (κ1) is 14.6. The summed E-state index contributed by atoms with van der Waals surface area (Å²) in [5, 5.41) is 0. The number of hydrogen-bond acceptors (Lipinski definition) is 3. The molecule has 1 aliphatic heterocycles. The van der Waals surface area contributed by atoms with Crippen LogP contribution in [0.25, 0.3) is 0 Å². The maximum Gasteiger partial charge on any atom is 0.182 e. The summed E-state index contributed by atoms with van der Waals surface area (Å²) >= 11 is 0. The number of Topliss-reactive ketones (excluding diaryl/α,β-unsaturated/α-hetero) is 1. The van der Waals surface area contributed by atoms with Gasteiger partial charge < -0.3 is 0 Å². The predicted octanol–water partition coefficient (Wildman–Crippen LogP) is 3.45. The highest BCUT2D eigenvalue weighted by Crippen LogP contribution is 2.35. The first-order chi connectivity index (χ1) is 10.2. The van der Waals surface area contributed by atoms with Crippen LogP contribution in [0.3, 0.4) is 0 Å². The van der Waals surface area contributed by atoms with Gasteiger partial charge in [-0.25, -0.2) is 4.39 Å². The minimum Gasteiger partial charge on any atom is -0.300 e. The van der Waals surface area contributed by atoms with Crippen LogP contribution in [0.15, 0.2) is 18.3 Å². The van der Waals surface area contributed by atoms with Gasteiger partial charge >= 0.3 is 0 Å². The third kappa shape index (κ3) is 3.49. The van der Waals surface area contributed by atoms with Crippen LogP contribution in [0, 0.1) is 11.7 Å². The Balaban J connectivity index is 1.54. The van der Waals surface area contributed by atoms with E-state index in [4.69, 9.17) is 0 Å². The van der Waals surface area contributed by atoms with E-state index in [0.717, 1.165) is 25.2 Å². The smallest absolute Gasteiger partial charge is 0.182 e. The highest BCUT2D eigenvalue weighted by atomic mass is 19.1. The van der Waals surface area contributed by atoms with Crippen molar-refractivity contribution < 1.29 is 9.18 Å². The fourth-order valence-corrected chi connectivity index (χ4v) is 3.92. The van der Waals surface area contributed by atoms with Gasteiger partial charge in [-0.2, -0.15) is 0 Å². The zero-order valence-corrected chi connectivity index (χ0v) is 12.4. The molecule has 114 valence electrons. The van der Waals surface area contributed by atoms with Gasteiger partial charge in [0.25, 0.3) is 0 Å². The Morgan fingerprint density at radius 1 is 1.24 bits per heavy atom. The predicted molar refractivity (Wildman–Crippen MR) is 79.7 cm³/mol. The topological polar surface area (TPSA) is 33.2 Å². The molecule has 0 bridgehead atoms. The second-order valence-corrected chi connectivity index (χ2v) is 6.32. The van der Waals surface area contributed by atoms with Gasteiger partial charge in [-0.05, 0) is 50.3 Å². The van der Waals surface area contributed by atoms with Crippen molar-refractivity contribution in [1.29, 1.82) is 0 Å². The number of aromatic nitrogens is 1. The van der Waals surface area contributed by atoms with E-state index >= 15 is 0 Å². The number of ketones is 1. The zero-order chi connectivity index (χ0) is 14.7. The number of hydrogen-bond donors (Lipinski definition) is 0. The van der Waals surface area contributed by atoms with Crippen LogP contribution in [0.2, 0.25) is 0 Å². The van der Waals surface area contributed by atoms with Gasteiger partial charge in [-0.1, -0.05) is 12.8 Å². The van der Waals surface area contributed by atoms with Crippen molar-refractivity contribution in [3.8, 4) is 0 Å². The largest absolute Gasteiger partial charge is 0.300 e. The van der Waals surface area contributed by atoms with Gasteiger partial charge in [-0.15, -0.1) is 0 Å². The summed E-state index contributed by atoms with van der Waals surface area (Å²) in [5.74, 6) is 0.464. The van der Waals surface area contributed by atoms with Crippen LogP contribution < -0.4 is 0 Å². The van der Waals surface area contributed by atoms with E-state index in [1.807, 2.05) is 0 Å². The Bertz CT molecular complexity index is 482. The lowest BCUT2D eigenvalue weighted by Gasteiger charge is -2.29. The number of likely N-dealkylation sites (tertiary alicyclic amines) is 1. The molecule has 0 aromatic carbocycles. The highest BCUT2D eigenvalue weighted by molar-refractivity contribution is 5.94. The Morgan fingerprint density at radius 2 is 2.05 bits per heavy atom. The highest BCUT2D eigenvalue weighted by Gasteiger charge is 2.33. The summed E-state index contributed by atoms with van der Waals surface area (Å²) in [5.41, 5.74) is 0.382. The number of rotatable bonds is 5. The molecule has 3 rings (SSSR count). The fraction of sp³-hybridized carbons (Fsp3) is 0.647. The molecule has 1 saturated heterocycles. The number of nitrogens with zero attached hydrogens (tertiary/aromatic N) is 2. The van der Waals surface area contributed by atoms with Crippen LogP contribution in [-0.4, -0.2) is 34.8 Å². The second kappa shape index (κ2) is 6.65. The van der Waals surface area contributed by atoms with Crippen molar-refractivity contribution in [2.75, 3.05) is 13.1 Å². The average Bonchev–Trinajstić information content (AvgIpc) is 3.16. The summed E-state index contributed by atoms with van der Waals surface area (Å²) in [6.45, 7) is 1.93. The molecule has 0 radical (unpaired) electrons. The van der Waals surface area contributed by atoms with E-state index in [1.165, 1.54) is 50.7 Å². The van der Waals surface area contributed by atoms with Crippen molar-refractivity contribution in [2.24, 2.45) is 5.92 Å². The van der Waals surface area contributed by atoms with Gasteiger partial charge in [0.2, 0.25) is 0 Å². The zero-order valence-electron chi connectivity index (χ0n) is 12.4. The molecular weight excluding hydrogens is 267 g/mol. The summed E-state index contributed by atoms with van der Waals surface area (Å²) in [4.78, 5) is 18.5. The monoisotopic (exact) mass is 290 g/mol. The minimum atomic E-state index is -0.396. The Hall–Kier alpha value is -1.29. The number of carbonyl (C=O) groups is 1. The second-order valence-electron chi connectivity index (χ2n) is 6.32. The molecule has 1 atom stereocenters. The summed E-state index contributed by atoms with van der Waals surface area (Å²) in [6.07, 6.45) is 9.59. The molecule has 2 aliphatic rings. The molecule has 21 heavy (non-hydrogen) atoms. The first-order valence-corrected chi connectivity index (χ1v) is 8.13. The van der Waals surface area contributed by atoms with Gasteiger partial charge in [0.1, 0.15) is 11.5 Å². The normalized spacial score (nSPS) is 23.8.